The van der Waals surface area contributed by atoms with Gasteiger partial charge in [-0.3, -0.25) is 4.79 Å². The number of methoxy groups -OCH3 is 1. The number of benzene rings is 1. The lowest BCUT2D eigenvalue weighted by molar-refractivity contribution is -0.158. The van der Waals surface area contributed by atoms with E-state index in [0.29, 0.717) is 24.7 Å². The minimum atomic E-state index is -0.129. The van der Waals surface area contributed by atoms with Crippen molar-refractivity contribution in [2.75, 3.05) is 26.9 Å². The van der Waals surface area contributed by atoms with Crippen LogP contribution in [0.2, 0.25) is 0 Å². The zero-order valence-corrected chi connectivity index (χ0v) is 13.3. The quantitative estimate of drug-likeness (QED) is 0.891. The minimum Gasteiger partial charge on any atom is -0.493 e. The second kappa shape index (κ2) is 7.66. The summed E-state index contributed by atoms with van der Waals surface area (Å²) < 4.78 is 22.2. The third kappa shape index (κ3) is 4.14. The Morgan fingerprint density at radius 2 is 1.91 bits per heavy atom. The molecule has 6 nitrogen and oxygen atoms in total. The summed E-state index contributed by atoms with van der Waals surface area (Å²) >= 11 is 0. The molecule has 3 atom stereocenters. The molecule has 1 aliphatic carbocycles. The zero-order valence-electron chi connectivity index (χ0n) is 13.3. The molecule has 1 N–H and O–H groups in total. The molecule has 1 saturated heterocycles. The first-order chi connectivity index (χ1) is 11.3. The van der Waals surface area contributed by atoms with Crippen LogP contribution >= 0.6 is 0 Å². The summed E-state index contributed by atoms with van der Waals surface area (Å²) in [5, 5.41) is 3.02. The van der Waals surface area contributed by atoms with Crippen molar-refractivity contribution in [2.24, 2.45) is 0 Å². The zero-order chi connectivity index (χ0) is 16.1. The van der Waals surface area contributed by atoms with E-state index in [1.807, 2.05) is 12.1 Å². The van der Waals surface area contributed by atoms with Crippen molar-refractivity contribution < 1.29 is 23.7 Å². The number of rotatable bonds is 5. The van der Waals surface area contributed by atoms with Gasteiger partial charge in [0.25, 0.3) is 5.91 Å². The minimum absolute atomic E-state index is 0.0255. The molecule has 6 heteroatoms. The number of nitrogens with one attached hydrogen (secondary N) is 1. The summed E-state index contributed by atoms with van der Waals surface area (Å²) in [6.45, 7) is 1.28. The van der Waals surface area contributed by atoms with Crippen molar-refractivity contribution in [3.05, 3.63) is 24.3 Å². The first kappa shape index (κ1) is 16.1. The highest BCUT2D eigenvalue weighted by molar-refractivity contribution is 5.78. The molecule has 0 radical (unpaired) electrons. The Hall–Kier alpha value is -1.79. The first-order valence-corrected chi connectivity index (χ1v) is 8.04. The van der Waals surface area contributed by atoms with E-state index in [9.17, 15) is 4.79 Å². The van der Waals surface area contributed by atoms with Gasteiger partial charge in [-0.2, -0.15) is 0 Å². The highest BCUT2D eigenvalue weighted by Crippen LogP contribution is 2.27. The number of carbonyl (C=O) groups excluding carboxylic acids is 1. The number of fused-ring (bicyclic) bond motifs is 1. The van der Waals surface area contributed by atoms with E-state index in [0.717, 1.165) is 19.3 Å². The van der Waals surface area contributed by atoms with Crippen LogP contribution in [0.1, 0.15) is 19.3 Å². The maximum atomic E-state index is 12.1. The first-order valence-electron chi connectivity index (χ1n) is 8.04. The van der Waals surface area contributed by atoms with Gasteiger partial charge in [-0.15, -0.1) is 0 Å². The van der Waals surface area contributed by atoms with Crippen molar-refractivity contribution >= 4 is 5.91 Å². The van der Waals surface area contributed by atoms with E-state index in [2.05, 4.69) is 5.32 Å². The van der Waals surface area contributed by atoms with E-state index >= 15 is 0 Å². The monoisotopic (exact) mass is 321 g/mol. The second-order valence-electron chi connectivity index (χ2n) is 5.84. The van der Waals surface area contributed by atoms with Gasteiger partial charge in [-0.1, -0.05) is 12.1 Å². The van der Waals surface area contributed by atoms with E-state index < -0.39 is 0 Å². The van der Waals surface area contributed by atoms with Crippen LogP contribution in [0.3, 0.4) is 0 Å². The number of ether oxygens (including phenoxy) is 4. The lowest BCUT2D eigenvalue weighted by Gasteiger charge is -2.39. The Labute approximate surface area is 136 Å². The van der Waals surface area contributed by atoms with Gasteiger partial charge < -0.3 is 24.3 Å². The summed E-state index contributed by atoms with van der Waals surface area (Å²) in [6.07, 6.45) is 2.90. The fourth-order valence-corrected chi connectivity index (χ4v) is 3.15. The van der Waals surface area contributed by atoms with Crippen molar-refractivity contribution in [1.29, 1.82) is 0 Å². The summed E-state index contributed by atoms with van der Waals surface area (Å²) in [4.78, 5) is 12.1. The predicted octanol–water partition coefficient (Wildman–Crippen LogP) is 1.53. The predicted molar refractivity (Wildman–Crippen MR) is 83.8 cm³/mol. The van der Waals surface area contributed by atoms with Gasteiger partial charge in [0.1, 0.15) is 0 Å². The van der Waals surface area contributed by atoms with Crippen LogP contribution < -0.4 is 14.8 Å². The largest absolute Gasteiger partial charge is 0.493 e. The molecule has 3 rings (SSSR count). The van der Waals surface area contributed by atoms with E-state index in [1.165, 1.54) is 0 Å². The molecular formula is C17H23NO5. The van der Waals surface area contributed by atoms with Crippen LogP contribution in [0.25, 0.3) is 0 Å². The van der Waals surface area contributed by atoms with Gasteiger partial charge in [-0.05, 0) is 31.4 Å². The van der Waals surface area contributed by atoms with Crippen molar-refractivity contribution in [2.45, 2.75) is 37.5 Å². The van der Waals surface area contributed by atoms with Crippen LogP contribution in [0.15, 0.2) is 24.3 Å². The Kier molecular flexibility index (Phi) is 5.35. The summed E-state index contributed by atoms with van der Waals surface area (Å²) in [6, 6.07) is 7.40. The molecule has 1 saturated carbocycles. The molecule has 2 fully saturated rings. The molecule has 1 heterocycles. The number of hydrogen-bond acceptors (Lipinski definition) is 5. The van der Waals surface area contributed by atoms with Gasteiger partial charge in [0.15, 0.2) is 18.1 Å². The maximum Gasteiger partial charge on any atom is 0.258 e. The summed E-state index contributed by atoms with van der Waals surface area (Å²) in [5.41, 5.74) is 0. The Morgan fingerprint density at radius 3 is 2.70 bits per heavy atom. The fourth-order valence-electron chi connectivity index (χ4n) is 3.15. The Bertz CT molecular complexity index is 535. The summed E-state index contributed by atoms with van der Waals surface area (Å²) in [7, 11) is 1.58. The highest BCUT2D eigenvalue weighted by Gasteiger charge is 2.34. The molecule has 1 aliphatic heterocycles. The van der Waals surface area contributed by atoms with E-state index in [4.69, 9.17) is 18.9 Å². The van der Waals surface area contributed by atoms with Gasteiger partial charge in [0.05, 0.1) is 32.5 Å². The van der Waals surface area contributed by atoms with Crippen LogP contribution in [-0.4, -0.2) is 51.1 Å². The Balaban J connectivity index is 1.46. The number of hydrogen-bond donors (Lipinski definition) is 1. The van der Waals surface area contributed by atoms with Crippen molar-refractivity contribution in [3.8, 4) is 11.5 Å². The molecule has 1 amide bonds. The van der Waals surface area contributed by atoms with Gasteiger partial charge in [0.2, 0.25) is 0 Å². The maximum absolute atomic E-state index is 12.1. The molecule has 23 heavy (non-hydrogen) atoms. The summed E-state index contributed by atoms with van der Waals surface area (Å²) in [5.74, 6) is 1.06. The third-order valence-corrected chi connectivity index (χ3v) is 4.27. The number of amides is 1. The molecule has 0 spiro atoms. The van der Waals surface area contributed by atoms with Crippen LogP contribution in [0.4, 0.5) is 0 Å². The van der Waals surface area contributed by atoms with Crippen LogP contribution in [0.5, 0.6) is 11.5 Å². The number of carbonyl (C=O) groups is 1. The van der Waals surface area contributed by atoms with Gasteiger partial charge in [-0.25, -0.2) is 0 Å². The molecule has 2 aliphatic rings. The molecular weight excluding hydrogens is 298 g/mol. The second-order valence-corrected chi connectivity index (χ2v) is 5.84. The molecule has 1 aromatic carbocycles. The smallest absolute Gasteiger partial charge is 0.258 e. The van der Waals surface area contributed by atoms with Crippen LogP contribution in [-0.2, 0) is 14.3 Å². The molecule has 0 bridgehead atoms. The van der Waals surface area contributed by atoms with Crippen molar-refractivity contribution in [1.82, 2.24) is 5.32 Å². The highest BCUT2D eigenvalue weighted by atomic mass is 16.6. The molecule has 126 valence electrons. The van der Waals surface area contributed by atoms with Gasteiger partial charge in [0, 0.05) is 6.04 Å². The lowest BCUT2D eigenvalue weighted by Crippen LogP contribution is -2.50. The number of para-hydroxylation sites is 2. The molecule has 0 aromatic heterocycles. The van der Waals surface area contributed by atoms with Crippen molar-refractivity contribution in [3.63, 3.8) is 0 Å². The van der Waals surface area contributed by atoms with E-state index in [-0.39, 0.29) is 30.8 Å². The lowest BCUT2D eigenvalue weighted by atomic mass is 9.89. The fraction of sp³-hybridized carbons (Fsp3) is 0.588. The van der Waals surface area contributed by atoms with Gasteiger partial charge >= 0.3 is 0 Å². The normalized spacial score (nSPS) is 26.9. The third-order valence-electron chi connectivity index (χ3n) is 4.27. The SMILES string of the molecule is COc1ccccc1OCC(=O)NC1CCC2OCCOC2C1. The standard InChI is InChI=1S/C17H23NO5/c1-20-13-4-2-3-5-14(13)23-11-17(19)18-12-6-7-15-16(10-12)22-9-8-21-15/h2-5,12,15-16H,6-11H2,1H3,(H,18,19). The molecule has 3 unspecified atom stereocenters. The Morgan fingerprint density at radius 1 is 1.17 bits per heavy atom. The van der Waals surface area contributed by atoms with Crippen LogP contribution in [0, 0.1) is 0 Å². The molecule has 1 aromatic rings. The average Bonchev–Trinajstić information content (AvgIpc) is 2.60. The van der Waals surface area contributed by atoms with E-state index in [1.54, 1.807) is 19.2 Å². The topological polar surface area (TPSA) is 66.0 Å². The average molecular weight is 321 g/mol.